The lowest BCUT2D eigenvalue weighted by Gasteiger charge is -2.08. The Hall–Kier alpha value is -2.73. The van der Waals surface area contributed by atoms with Gasteiger partial charge in [0.2, 0.25) is 0 Å². The number of ketones is 2. The van der Waals surface area contributed by atoms with Gasteiger partial charge in [0.1, 0.15) is 0 Å². The van der Waals surface area contributed by atoms with Gasteiger partial charge in [-0.2, -0.15) is 5.26 Å². The number of hydrogen-bond donors (Lipinski definition) is 0. The molecular formula is C20H19NO2. The molecular weight excluding hydrogens is 286 g/mol. The first-order chi connectivity index (χ1) is 11.2. The lowest BCUT2D eigenvalue weighted by Crippen LogP contribution is -2.07. The van der Waals surface area contributed by atoms with E-state index in [0.29, 0.717) is 36.8 Å². The van der Waals surface area contributed by atoms with Crippen molar-refractivity contribution in [2.24, 2.45) is 5.92 Å². The van der Waals surface area contributed by atoms with Crippen molar-refractivity contribution in [1.29, 1.82) is 5.26 Å². The average Bonchev–Trinajstić information content (AvgIpc) is 2.62. The Morgan fingerprint density at radius 3 is 1.52 bits per heavy atom. The normalized spacial score (nSPS) is 10.3. The molecule has 0 saturated heterocycles. The lowest BCUT2D eigenvalue weighted by atomic mass is 9.94. The Morgan fingerprint density at radius 1 is 0.783 bits per heavy atom. The fraction of sp³-hybridized carbons (Fsp3) is 0.250. The molecule has 0 saturated carbocycles. The number of benzene rings is 2. The summed E-state index contributed by atoms with van der Waals surface area (Å²) < 4.78 is 0. The lowest BCUT2D eigenvalue weighted by molar-refractivity contribution is 0.0972. The van der Waals surface area contributed by atoms with Crippen LogP contribution in [0.3, 0.4) is 0 Å². The molecule has 0 unspecified atom stereocenters. The van der Waals surface area contributed by atoms with Crippen LogP contribution in [0.4, 0.5) is 0 Å². The van der Waals surface area contributed by atoms with E-state index in [2.05, 4.69) is 6.07 Å². The maximum Gasteiger partial charge on any atom is 0.162 e. The molecule has 0 N–H and O–H groups in total. The van der Waals surface area contributed by atoms with Crippen LogP contribution in [0.15, 0.2) is 60.7 Å². The van der Waals surface area contributed by atoms with Crippen molar-refractivity contribution < 1.29 is 9.59 Å². The van der Waals surface area contributed by atoms with Gasteiger partial charge in [0.15, 0.2) is 11.6 Å². The number of rotatable bonds is 8. The molecule has 2 aromatic rings. The average molecular weight is 305 g/mol. The number of Topliss-reactive ketones (excluding diaryl/α,β-unsaturated/α-hetero) is 2. The molecule has 0 spiro atoms. The molecule has 0 aromatic heterocycles. The zero-order chi connectivity index (χ0) is 16.5. The molecule has 23 heavy (non-hydrogen) atoms. The minimum atomic E-state index is -0.268. The first kappa shape index (κ1) is 16.6. The van der Waals surface area contributed by atoms with Crippen LogP contribution < -0.4 is 0 Å². The summed E-state index contributed by atoms with van der Waals surface area (Å²) in [6.45, 7) is 0. The first-order valence-corrected chi connectivity index (χ1v) is 7.77. The fourth-order valence-corrected chi connectivity index (χ4v) is 2.42. The van der Waals surface area contributed by atoms with Gasteiger partial charge in [0, 0.05) is 29.9 Å². The van der Waals surface area contributed by atoms with Gasteiger partial charge in [-0.3, -0.25) is 9.59 Å². The van der Waals surface area contributed by atoms with Gasteiger partial charge >= 0.3 is 0 Å². The number of nitrogens with zero attached hydrogens (tertiary/aromatic N) is 1. The molecule has 0 radical (unpaired) electrons. The molecule has 3 nitrogen and oxygen atoms in total. The second-order valence-corrected chi connectivity index (χ2v) is 5.48. The molecule has 0 aliphatic heterocycles. The molecule has 0 aliphatic rings. The van der Waals surface area contributed by atoms with Gasteiger partial charge in [-0.05, 0) is 12.8 Å². The molecule has 0 bridgehead atoms. The quantitative estimate of drug-likeness (QED) is 0.677. The minimum Gasteiger partial charge on any atom is -0.294 e. The van der Waals surface area contributed by atoms with E-state index >= 15 is 0 Å². The van der Waals surface area contributed by atoms with Crippen LogP contribution >= 0.6 is 0 Å². The number of hydrogen-bond acceptors (Lipinski definition) is 3. The van der Waals surface area contributed by atoms with Gasteiger partial charge in [-0.25, -0.2) is 0 Å². The van der Waals surface area contributed by atoms with Gasteiger partial charge < -0.3 is 0 Å². The highest BCUT2D eigenvalue weighted by molar-refractivity contribution is 5.96. The summed E-state index contributed by atoms with van der Waals surface area (Å²) in [6.07, 6.45) is 1.65. The summed E-state index contributed by atoms with van der Waals surface area (Å²) in [5.41, 5.74) is 1.34. The van der Waals surface area contributed by atoms with Gasteiger partial charge in [0.05, 0.1) is 6.07 Å². The molecule has 2 aromatic carbocycles. The molecule has 0 atom stereocenters. The Morgan fingerprint density at radius 2 is 1.17 bits per heavy atom. The summed E-state index contributed by atoms with van der Waals surface area (Å²) in [7, 11) is 0. The van der Waals surface area contributed by atoms with Crippen LogP contribution in [-0.2, 0) is 0 Å². The van der Waals surface area contributed by atoms with Gasteiger partial charge in [-0.15, -0.1) is 0 Å². The smallest absolute Gasteiger partial charge is 0.162 e. The van der Waals surface area contributed by atoms with Crippen molar-refractivity contribution in [1.82, 2.24) is 0 Å². The molecule has 2 rings (SSSR count). The standard InChI is InChI=1S/C20H19NO2/c21-15-16(11-13-19(22)17-7-3-1-4-8-17)12-14-20(23)18-9-5-2-6-10-18/h1-10,16H,11-14H2. The van der Waals surface area contributed by atoms with Crippen LogP contribution in [0.25, 0.3) is 0 Å². The first-order valence-electron chi connectivity index (χ1n) is 7.77. The summed E-state index contributed by atoms with van der Waals surface area (Å²) in [4.78, 5) is 24.1. The van der Waals surface area contributed by atoms with E-state index in [9.17, 15) is 14.9 Å². The van der Waals surface area contributed by atoms with Crippen LogP contribution in [0.1, 0.15) is 46.4 Å². The SMILES string of the molecule is N#CC(CCC(=O)c1ccccc1)CCC(=O)c1ccccc1. The Kier molecular flexibility index (Phi) is 6.26. The molecule has 0 fully saturated rings. The zero-order valence-corrected chi connectivity index (χ0v) is 12.9. The maximum atomic E-state index is 12.0. The number of carbonyl (C=O) groups is 2. The van der Waals surface area contributed by atoms with E-state index in [-0.39, 0.29) is 17.5 Å². The van der Waals surface area contributed by atoms with E-state index in [1.807, 2.05) is 36.4 Å². The Bertz CT molecular complexity index is 631. The van der Waals surface area contributed by atoms with Gasteiger partial charge in [-0.1, -0.05) is 60.7 Å². The molecule has 3 heteroatoms. The second kappa shape index (κ2) is 8.65. The highest BCUT2D eigenvalue weighted by atomic mass is 16.1. The highest BCUT2D eigenvalue weighted by Crippen LogP contribution is 2.17. The minimum absolute atomic E-state index is 0.0419. The van der Waals surface area contributed by atoms with E-state index in [0.717, 1.165) is 0 Å². The third-order valence-electron chi connectivity index (χ3n) is 3.81. The van der Waals surface area contributed by atoms with Crippen LogP contribution in [0.5, 0.6) is 0 Å². The Balaban J connectivity index is 1.81. The van der Waals surface area contributed by atoms with Crippen LogP contribution in [-0.4, -0.2) is 11.6 Å². The molecule has 0 heterocycles. The second-order valence-electron chi connectivity index (χ2n) is 5.48. The summed E-state index contributed by atoms with van der Waals surface area (Å²) in [5.74, 6) is -0.184. The molecule has 116 valence electrons. The predicted octanol–water partition coefficient (Wildman–Crippen LogP) is 4.45. The van der Waals surface area contributed by atoms with Crippen molar-refractivity contribution in [2.75, 3.05) is 0 Å². The van der Waals surface area contributed by atoms with Crippen molar-refractivity contribution >= 4 is 11.6 Å². The molecule has 0 amide bonds. The Labute approximate surface area is 136 Å². The van der Waals surface area contributed by atoms with E-state index < -0.39 is 0 Å². The van der Waals surface area contributed by atoms with Crippen LogP contribution in [0.2, 0.25) is 0 Å². The van der Waals surface area contributed by atoms with Crippen molar-refractivity contribution in [3.8, 4) is 6.07 Å². The predicted molar refractivity (Wildman–Crippen MR) is 89.1 cm³/mol. The number of carbonyl (C=O) groups excluding carboxylic acids is 2. The third kappa shape index (κ3) is 5.19. The number of nitriles is 1. The summed E-state index contributed by atoms with van der Waals surface area (Å²) in [5, 5.41) is 9.22. The van der Waals surface area contributed by atoms with Crippen molar-refractivity contribution in [3.05, 3.63) is 71.8 Å². The zero-order valence-electron chi connectivity index (χ0n) is 12.9. The van der Waals surface area contributed by atoms with E-state index in [1.165, 1.54) is 0 Å². The summed E-state index contributed by atoms with van der Waals surface area (Å²) >= 11 is 0. The third-order valence-corrected chi connectivity index (χ3v) is 3.81. The van der Waals surface area contributed by atoms with Crippen molar-refractivity contribution in [2.45, 2.75) is 25.7 Å². The fourth-order valence-electron chi connectivity index (χ4n) is 2.42. The molecule has 0 aliphatic carbocycles. The van der Waals surface area contributed by atoms with Gasteiger partial charge in [0.25, 0.3) is 0 Å². The van der Waals surface area contributed by atoms with Crippen molar-refractivity contribution in [3.63, 3.8) is 0 Å². The monoisotopic (exact) mass is 305 g/mol. The van der Waals surface area contributed by atoms with Crippen LogP contribution in [0, 0.1) is 17.2 Å². The summed E-state index contributed by atoms with van der Waals surface area (Å²) in [6, 6.07) is 20.4. The van der Waals surface area contributed by atoms with E-state index in [4.69, 9.17) is 0 Å². The van der Waals surface area contributed by atoms with E-state index in [1.54, 1.807) is 24.3 Å². The highest BCUT2D eigenvalue weighted by Gasteiger charge is 2.14. The topological polar surface area (TPSA) is 57.9 Å². The largest absolute Gasteiger partial charge is 0.294 e. The maximum absolute atomic E-state index is 12.0.